The number of hydrogen-bond donors (Lipinski definition) is 0. The SMILES string of the molecule is CCCCC1=CCC=C(CCC(C(=O)CC)C(C)CCC)N=C1. The molecule has 0 aromatic carbocycles. The van der Waals surface area contributed by atoms with Gasteiger partial charge in [-0.15, -0.1) is 0 Å². The third-order valence-corrected chi connectivity index (χ3v) is 4.85. The fraction of sp³-hybridized carbons (Fsp3) is 0.714. The van der Waals surface area contributed by atoms with E-state index >= 15 is 0 Å². The van der Waals surface area contributed by atoms with Gasteiger partial charge in [-0.3, -0.25) is 9.79 Å². The summed E-state index contributed by atoms with van der Waals surface area (Å²) in [6.07, 6.45) is 15.9. The lowest BCUT2D eigenvalue weighted by molar-refractivity contribution is -0.124. The molecule has 1 heterocycles. The zero-order valence-corrected chi connectivity index (χ0v) is 15.6. The van der Waals surface area contributed by atoms with Gasteiger partial charge in [-0.2, -0.15) is 0 Å². The predicted molar refractivity (Wildman–Crippen MR) is 101 cm³/mol. The van der Waals surface area contributed by atoms with Crippen molar-refractivity contribution in [3.8, 4) is 0 Å². The highest BCUT2D eigenvalue weighted by molar-refractivity contribution is 5.81. The summed E-state index contributed by atoms with van der Waals surface area (Å²) < 4.78 is 0. The summed E-state index contributed by atoms with van der Waals surface area (Å²) in [4.78, 5) is 16.9. The van der Waals surface area contributed by atoms with E-state index in [4.69, 9.17) is 0 Å². The van der Waals surface area contributed by atoms with Crippen molar-refractivity contribution in [3.63, 3.8) is 0 Å². The molecule has 0 fully saturated rings. The molecule has 1 aliphatic rings. The number of Topliss-reactive ketones (excluding diaryl/α,β-unsaturated/α-hetero) is 1. The van der Waals surface area contributed by atoms with Crippen molar-refractivity contribution >= 4 is 12.0 Å². The van der Waals surface area contributed by atoms with Crippen LogP contribution in [0.15, 0.2) is 28.4 Å². The molecule has 2 atom stereocenters. The van der Waals surface area contributed by atoms with E-state index in [0.717, 1.165) is 44.2 Å². The molecule has 0 bridgehead atoms. The van der Waals surface area contributed by atoms with Gasteiger partial charge < -0.3 is 0 Å². The van der Waals surface area contributed by atoms with E-state index in [1.807, 2.05) is 13.1 Å². The highest BCUT2D eigenvalue weighted by Crippen LogP contribution is 2.27. The Balaban J connectivity index is 2.57. The summed E-state index contributed by atoms with van der Waals surface area (Å²) in [5.74, 6) is 1.11. The molecule has 1 rings (SSSR count). The van der Waals surface area contributed by atoms with E-state index in [0.29, 0.717) is 18.1 Å². The van der Waals surface area contributed by atoms with Gasteiger partial charge in [-0.05, 0) is 43.6 Å². The number of nitrogens with zero attached hydrogens (tertiary/aromatic N) is 1. The van der Waals surface area contributed by atoms with Gasteiger partial charge >= 0.3 is 0 Å². The van der Waals surface area contributed by atoms with Crippen LogP contribution in [0.3, 0.4) is 0 Å². The maximum Gasteiger partial charge on any atom is 0.135 e. The molecule has 0 aliphatic carbocycles. The summed E-state index contributed by atoms with van der Waals surface area (Å²) in [5, 5.41) is 0. The standard InChI is InChI=1S/C21H35NO/c1-5-8-11-18-12-9-13-19(22-16-18)14-15-20(21(23)7-3)17(4)10-6-2/h12-13,16-17,20H,5-11,14-15H2,1-4H3. The second-order valence-corrected chi connectivity index (χ2v) is 6.80. The van der Waals surface area contributed by atoms with Gasteiger partial charge in [0.2, 0.25) is 0 Å². The summed E-state index contributed by atoms with van der Waals surface area (Å²) in [7, 11) is 0. The van der Waals surface area contributed by atoms with Gasteiger partial charge in [0.15, 0.2) is 0 Å². The van der Waals surface area contributed by atoms with Crippen LogP contribution >= 0.6 is 0 Å². The predicted octanol–water partition coefficient (Wildman–Crippen LogP) is 6.27. The molecule has 130 valence electrons. The zero-order chi connectivity index (χ0) is 17.1. The van der Waals surface area contributed by atoms with Crippen molar-refractivity contribution in [3.05, 3.63) is 23.4 Å². The first-order valence-corrected chi connectivity index (χ1v) is 9.57. The zero-order valence-electron chi connectivity index (χ0n) is 15.6. The van der Waals surface area contributed by atoms with Crippen LogP contribution in [0.2, 0.25) is 0 Å². The third-order valence-electron chi connectivity index (χ3n) is 4.85. The number of ketones is 1. The monoisotopic (exact) mass is 317 g/mol. The number of hydrogen-bond acceptors (Lipinski definition) is 2. The summed E-state index contributed by atoms with van der Waals surface area (Å²) in [5.41, 5.74) is 2.52. The van der Waals surface area contributed by atoms with E-state index < -0.39 is 0 Å². The Morgan fingerprint density at radius 3 is 2.57 bits per heavy atom. The minimum atomic E-state index is 0.201. The van der Waals surface area contributed by atoms with Gasteiger partial charge in [0.1, 0.15) is 5.78 Å². The Hall–Kier alpha value is -1.18. The maximum absolute atomic E-state index is 12.3. The number of unbranched alkanes of at least 4 members (excludes halogenated alkanes) is 1. The Kier molecular flexibility index (Phi) is 9.82. The lowest BCUT2D eigenvalue weighted by atomic mass is 9.82. The Labute approximate surface area is 143 Å². The largest absolute Gasteiger partial charge is 0.299 e. The molecular formula is C21H35NO. The highest BCUT2D eigenvalue weighted by atomic mass is 16.1. The minimum Gasteiger partial charge on any atom is -0.299 e. The van der Waals surface area contributed by atoms with Crippen molar-refractivity contribution in [2.24, 2.45) is 16.8 Å². The molecule has 0 aromatic rings. The van der Waals surface area contributed by atoms with E-state index in [9.17, 15) is 4.79 Å². The molecule has 0 radical (unpaired) electrons. The summed E-state index contributed by atoms with van der Waals surface area (Å²) in [6, 6.07) is 0. The van der Waals surface area contributed by atoms with Crippen LogP contribution in [0.25, 0.3) is 0 Å². The molecule has 1 aliphatic heterocycles. The Bertz CT molecular complexity index is 445. The van der Waals surface area contributed by atoms with Gasteiger partial charge in [0, 0.05) is 24.3 Å². The molecule has 0 saturated heterocycles. The van der Waals surface area contributed by atoms with Crippen molar-refractivity contribution in [1.29, 1.82) is 0 Å². The first-order chi connectivity index (χ1) is 11.1. The molecule has 0 spiro atoms. The van der Waals surface area contributed by atoms with Crippen LogP contribution in [-0.2, 0) is 4.79 Å². The van der Waals surface area contributed by atoms with Crippen LogP contribution in [-0.4, -0.2) is 12.0 Å². The highest BCUT2D eigenvalue weighted by Gasteiger charge is 2.23. The molecule has 0 amide bonds. The van der Waals surface area contributed by atoms with Crippen molar-refractivity contribution in [2.45, 2.75) is 85.5 Å². The average Bonchev–Trinajstić information content (AvgIpc) is 2.78. The molecule has 2 unspecified atom stereocenters. The van der Waals surface area contributed by atoms with Gasteiger partial charge in [0.25, 0.3) is 0 Å². The molecule has 0 aromatic heterocycles. The van der Waals surface area contributed by atoms with E-state index in [-0.39, 0.29) is 5.92 Å². The number of aliphatic imine (C=N–C) groups is 1. The topological polar surface area (TPSA) is 29.4 Å². The Morgan fingerprint density at radius 1 is 1.13 bits per heavy atom. The number of rotatable bonds is 11. The maximum atomic E-state index is 12.3. The molecule has 2 nitrogen and oxygen atoms in total. The molecule has 0 N–H and O–H groups in total. The lowest BCUT2D eigenvalue weighted by Crippen LogP contribution is -2.21. The van der Waals surface area contributed by atoms with Gasteiger partial charge in [-0.1, -0.05) is 59.1 Å². The quantitative estimate of drug-likeness (QED) is 0.441. The van der Waals surface area contributed by atoms with E-state index in [2.05, 4.69) is 37.9 Å². The fourth-order valence-corrected chi connectivity index (χ4v) is 3.32. The number of allylic oxidation sites excluding steroid dienone is 4. The van der Waals surface area contributed by atoms with Crippen LogP contribution in [0, 0.1) is 11.8 Å². The first-order valence-electron chi connectivity index (χ1n) is 9.57. The second-order valence-electron chi connectivity index (χ2n) is 6.80. The first kappa shape index (κ1) is 19.9. The Morgan fingerprint density at radius 2 is 1.91 bits per heavy atom. The fourth-order valence-electron chi connectivity index (χ4n) is 3.32. The van der Waals surface area contributed by atoms with Crippen LogP contribution in [0.4, 0.5) is 0 Å². The van der Waals surface area contributed by atoms with Gasteiger partial charge in [-0.25, -0.2) is 0 Å². The van der Waals surface area contributed by atoms with Crippen LogP contribution < -0.4 is 0 Å². The molecule has 0 saturated carbocycles. The van der Waals surface area contributed by atoms with Crippen molar-refractivity contribution in [2.75, 3.05) is 0 Å². The lowest BCUT2D eigenvalue weighted by Gasteiger charge is -2.22. The smallest absolute Gasteiger partial charge is 0.135 e. The van der Waals surface area contributed by atoms with Crippen molar-refractivity contribution in [1.82, 2.24) is 0 Å². The molecule has 23 heavy (non-hydrogen) atoms. The summed E-state index contributed by atoms with van der Waals surface area (Å²) >= 11 is 0. The second kappa shape index (κ2) is 11.4. The van der Waals surface area contributed by atoms with Gasteiger partial charge in [0.05, 0.1) is 0 Å². The van der Waals surface area contributed by atoms with Crippen LogP contribution in [0.5, 0.6) is 0 Å². The average molecular weight is 318 g/mol. The molecule has 2 heteroatoms. The van der Waals surface area contributed by atoms with Crippen LogP contribution in [0.1, 0.15) is 85.5 Å². The van der Waals surface area contributed by atoms with E-state index in [1.165, 1.54) is 18.4 Å². The normalized spacial score (nSPS) is 17.2. The summed E-state index contributed by atoms with van der Waals surface area (Å²) in [6.45, 7) is 8.64. The van der Waals surface area contributed by atoms with E-state index in [1.54, 1.807) is 0 Å². The number of carbonyl (C=O) groups excluding carboxylic acids is 1. The third kappa shape index (κ3) is 7.28. The molecular weight excluding hydrogens is 282 g/mol. The number of carbonyl (C=O) groups is 1. The minimum absolute atomic E-state index is 0.201. The van der Waals surface area contributed by atoms with Crippen molar-refractivity contribution < 1.29 is 4.79 Å².